The number of fused-ring (bicyclic) bond motifs is 1. The molecule has 6 nitrogen and oxygen atoms in total. The van der Waals surface area contributed by atoms with E-state index in [2.05, 4.69) is 5.32 Å². The predicted octanol–water partition coefficient (Wildman–Crippen LogP) is 4.02. The Kier molecular flexibility index (Phi) is 5.17. The van der Waals surface area contributed by atoms with Gasteiger partial charge >= 0.3 is 0 Å². The van der Waals surface area contributed by atoms with E-state index in [-0.39, 0.29) is 11.4 Å². The largest absolute Gasteiger partial charge is 0.497 e. The average molecular weight is 410 g/mol. The summed E-state index contributed by atoms with van der Waals surface area (Å²) in [5.74, 6) is 1.20. The number of nitrogens with zero attached hydrogens (tertiary/aromatic N) is 1. The van der Waals surface area contributed by atoms with Gasteiger partial charge in [-0.25, -0.2) is 8.42 Å². The van der Waals surface area contributed by atoms with Crippen molar-refractivity contribution >= 4 is 15.7 Å². The summed E-state index contributed by atoms with van der Waals surface area (Å²) in [7, 11) is -0.604. The molecule has 4 rings (SSSR count). The minimum absolute atomic E-state index is 0.218. The summed E-state index contributed by atoms with van der Waals surface area (Å²) in [5, 5.41) is 3.38. The van der Waals surface area contributed by atoms with E-state index in [1.165, 1.54) is 4.31 Å². The Morgan fingerprint density at radius 3 is 2.38 bits per heavy atom. The molecule has 1 aliphatic rings. The molecule has 3 aromatic rings. The van der Waals surface area contributed by atoms with Crippen molar-refractivity contribution in [2.24, 2.45) is 0 Å². The summed E-state index contributed by atoms with van der Waals surface area (Å²) < 4.78 is 39.5. The minimum atomic E-state index is -3.75. The van der Waals surface area contributed by atoms with Crippen molar-refractivity contribution < 1.29 is 17.9 Å². The number of sulfonamides is 1. The zero-order chi connectivity index (χ0) is 20.4. The SMILES string of the molecule is COc1ccc(OC)c([C@H]2Nc3ccccc3S(=O)(=O)N2Cc2ccccc2)c1. The van der Waals surface area contributed by atoms with Gasteiger partial charge in [0, 0.05) is 12.1 Å². The van der Waals surface area contributed by atoms with Gasteiger partial charge in [-0.05, 0) is 35.9 Å². The first-order valence-corrected chi connectivity index (χ1v) is 10.6. The molecule has 0 aliphatic carbocycles. The fraction of sp³-hybridized carbons (Fsp3) is 0.182. The van der Waals surface area contributed by atoms with Gasteiger partial charge in [-0.15, -0.1) is 0 Å². The predicted molar refractivity (Wildman–Crippen MR) is 112 cm³/mol. The van der Waals surface area contributed by atoms with Crippen molar-refractivity contribution in [1.82, 2.24) is 4.31 Å². The highest BCUT2D eigenvalue weighted by atomic mass is 32.2. The highest BCUT2D eigenvalue weighted by Crippen LogP contribution is 2.42. The summed E-state index contributed by atoms with van der Waals surface area (Å²) in [4.78, 5) is 0.258. The summed E-state index contributed by atoms with van der Waals surface area (Å²) >= 11 is 0. The van der Waals surface area contributed by atoms with Crippen molar-refractivity contribution in [2.75, 3.05) is 19.5 Å². The average Bonchev–Trinajstić information content (AvgIpc) is 2.76. The first-order chi connectivity index (χ1) is 14.0. The van der Waals surface area contributed by atoms with E-state index in [0.717, 1.165) is 5.56 Å². The van der Waals surface area contributed by atoms with Crippen LogP contribution < -0.4 is 14.8 Å². The van der Waals surface area contributed by atoms with Crippen LogP contribution in [0.3, 0.4) is 0 Å². The van der Waals surface area contributed by atoms with Crippen LogP contribution in [-0.4, -0.2) is 26.9 Å². The number of anilines is 1. The zero-order valence-electron chi connectivity index (χ0n) is 16.2. The molecule has 3 aromatic carbocycles. The first-order valence-electron chi connectivity index (χ1n) is 9.18. The van der Waals surface area contributed by atoms with E-state index in [4.69, 9.17) is 9.47 Å². The van der Waals surface area contributed by atoms with Gasteiger partial charge in [-0.1, -0.05) is 42.5 Å². The highest BCUT2D eigenvalue weighted by Gasteiger charge is 2.40. The highest BCUT2D eigenvalue weighted by molar-refractivity contribution is 7.89. The Balaban J connectivity index is 1.89. The Labute approximate surface area is 170 Å². The molecule has 0 aromatic heterocycles. The van der Waals surface area contributed by atoms with Crippen LogP contribution in [0.4, 0.5) is 5.69 Å². The molecule has 0 saturated carbocycles. The van der Waals surface area contributed by atoms with Crippen LogP contribution in [0.25, 0.3) is 0 Å². The molecule has 1 aliphatic heterocycles. The number of benzene rings is 3. The Morgan fingerprint density at radius 2 is 1.66 bits per heavy atom. The van der Waals surface area contributed by atoms with E-state index in [1.54, 1.807) is 50.6 Å². The van der Waals surface area contributed by atoms with Crippen molar-refractivity contribution in [3.05, 3.63) is 83.9 Å². The number of methoxy groups -OCH3 is 2. The van der Waals surface area contributed by atoms with Crippen LogP contribution in [0.5, 0.6) is 11.5 Å². The molecule has 1 heterocycles. The molecule has 1 N–H and O–H groups in total. The lowest BCUT2D eigenvalue weighted by molar-refractivity contribution is 0.321. The number of para-hydroxylation sites is 1. The maximum atomic E-state index is 13.6. The molecule has 150 valence electrons. The molecular weight excluding hydrogens is 388 g/mol. The van der Waals surface area contributed by atoms with Crippen LogP contribution in [-0.2, 0) is 16.6 Å². The summed E-state index contributed by atoms with van der Waals surface area (Å²) in [5.41, 5.74) is 2.14. The van der Waals surface area contributed by atoms with Gasteiger partial charge in [-0.2, -0.15) is 4.31 Å². The van der Waals surface area contributed by atoms with Gasteiger partial charge in [0.15, 0.2) is 0 Å². The van der Waals surface area contributed by atoms with Gasteiger partial charge in [0.1, 0.15) is 22.6 Å². The van der Waals surface area contributed by atoms with Gasteiger partial charge in [0.25, 0.3) is 0 Å². The van der Waals surface area contributed by atoms with Crippen LogP contribution >= 0.6 is 0 Å². The Bertz CT molecular complexity index is 1120. The quantitative estimate of drug-likeness (QED) is 0.688. The van der Waals surface area contributed by atoms with Gasteiger partial charge in [0.05, 0.1) is 19.9 Å². The maximum Gasteiger partial charge on any atom is 0.247 e. The number of ether oxygens (including phenoxy) is 2. The second-order valence-electron chi connectivity index (χ2n) is 6.69. The lowest BCUT2D eigenvalue weighted by Crippen LogP contribution is -2.42. The van der Waals surface area contributed by atoms with Crippen molar-refractivity contribution in [1.29, 1.82) is 0 Å². The monoisotopic (exact) mass is 410 g/mol. The van der Waals surface area contributed by atoms with Crippen molar-refractivity contribution in [2.45, 2.75) is 17.6 Å². The standard InChI is InChI=1S/C22H22N2O4S/c1-27-17-12-13-20(28-2)18(14-17)22-23-19-10-6-7-11-21(19)29(25,26)24(22)15-16-8-4-3-5-9-16/h3-14,22-23H,15H2,1-2H3/t22-/m0/s1. The lowest BCUT2D eigenvalue weighted by atomic mass is 10.1. The molecule has 0 amide bonds. The van der Waals surface area contributed by atoms with Crippen LogP contribution in [0.1, 0.15) is 17.3 Å². The van der Waals surface area contributed by atoms with Gasteiger partial charge in [-0.3, -0.25) is 0 Å². The molecule has 0 fully saturated rings. The fourth-order valence-electron chi connectivity index (χ4n) is 3.52. The Morgan fingerprint density at radius 1 is 0.931 bits per heavy atom. The molecule has 0 spiro atoms. The van der Waals surface area contributed by atoms with E-state index < -0.39 is 16.2 Å². The van der Waals surface area contributed by atoms with E-state index in [1.807, 2.05) is 36.4 Å². The summed E-state index contributed by atoms with van der Waals surface area (Å²) in [6, 6.07) is 21.8. The topological polar surface area (TPSA) is 67.9 Å². The molecule has 7 heteroatoms. The van der Waals surface area contributed by atoms with Gasteiger partial charge < -0.3 is 14.8 Å². The minimum Gasteiger partial charge on any atom is -0.497 e. The second kappa shape index (κ2) is 7.77. The van der Waals surface area contributed by atoms with Crippen molar-refractivity contribution in [3.63, 3.8) is 0 Å². The van der Waals surface area contributed by atoms with Crippen LogP contribution in [0.2, 0.25) is 0 Å². The van der Waals surface area contributed by atoms with Crippen LogP contribution in [0, 0.1) is 0 Å². The zero-order valence-corrected chi connectivity index (χ0v) is 17.0. The number of hydrogen-bond donors (Lipinski definition) is 1. The third kappa shape index (κ3) is 3.54. The van der Waals surface area contributed by atoms with Crippen LogP contribution in [0.15, 0.2) is 77.7 Å². The Hall–Kier alpha value is -3.03. The first kappa shape index (κ1) is 19.3. The van der Waals surface area contributed by atoms with Crippen molar-refractivity contribution in [3.8, 4) is 11.5 Å². The summed E-state index contributed by atoms with van der Waals surface area (Å²) in [6.45, 7) is 0.218. The maximum absolute atomic E-state index is 13.6. The molecule has 0 radical (unpaired) electrons. The molecular formula is C22H22N2O4S. The molecule has 1 atom stereocenters. The second-order valence-corrected chi connectivity index (χ2v) is 8.55. The van der Waals surface area contributed by atoms with E-state index in [9.17, 15) is 8.42 Å². The third-order valence-corrected chi connectivity index (χ3v) is 6.84. The molecule has 0 unspecified atom stereocenters. The number of rotatable bonds is 5. The molecule has 29 heavy (non-hydrogen) atoms. The number of nitrogens with one attached hydrogen (secondary N) is 1. The molecule has 0 bridgehead atoms. The molecule has 0 saturated heterocycles. The fourth-order valence-corrected chi connectivity index (χ4v) is 5.19. The smallest absolute Gasteiger partial charge is 0.247 e. The summed E-state index contributed by atoms with van der Waals surface area (Å²) in [6.07, 6.45) is -0.653. The lowest BCUT2D eigenvalue weighted by Gasteiger charge is -2.38. The van der Waals surface area contributed by atoms with E-state index >= 15 is 0 Å². The van der Waals surface area contributed by atoms with Gasteiger partial charge in [0.2, 0.25) is 10.0 Å². The third-order valence-electron chi connectivity index (χ3n) is 4.97. The number of hydrogen-bond acceptors (Lipinski definition) is 5. The normalized spacial score (nSPS) is 17.8. The van der Waals surface area contributed by atoms with E-state index in [0.29, 0.717) is 22.7 Å².